The lowest BCUT2D eigenvalue weighted by Gasteiger charge is -2.32. The molecule has 1 aliphatic rings. The van der Waals surface area contributed by atoms with Gasteiger partial charge in [0.25, 0.3) is 0 Å². The molecule has 1 N–H and O–H groups in total. The standard InChI is InChI=1S/C24H31NO4/c1-4-11-21(25(26)16-19-12-7-5-8-13-19)23-22(28-24(2,3)29-23)18-27-17-20-14-9-6-10-15-20/h4-10,12-15,21-23,26H,1,11,16-18H2,2-3H3/t21-,22-,23-/m0/s1. The van der Waals surface area contributed by atoms with Gasteiger partial charge in [-0.25, -0.2) is 0 Å². The minimum absolute atomic E-state index is 0.288. The minimum Gasteiger partial charge on any atom is -0.374 e. The van der Waals surface area contributed by atoms with Gasteiger partial charge in [-0.05, 0) is 31.4 Å². The van der Waals surface area contributed by atoms with Gasteiger partial charge in [0.2, 0.25) is 0 Å². The zero-order valence-electron chi connectivity index (χ0n) is 17.2. The van der Waals surface area contributed by atoms with E-state index >= 15 is 0 Å². The van der Waals surface area contributed by atoms with E-state index in [1.54, 1.807) is 6.08 Å². The molecule has 2 aromatic rings. The molecule has 156 valence electrons. The molecule has 0 aromatic heterocycles. The Kier molecular flexibility index (Phi) is 7.58. The third-order valence-electron chi connectivity index (χ3n) is 4.97. The smallest absolute Gasteiger partial charge is 0.163 e. The van der Waals surface area contributed by atoms with E-state index in [1.807, 2.05) is 74.5 Å². The molecule has 0 spiro atoms. The zero-order chi connectivity index (χ0) is 20.7. The number of hydroxylamine groups is 2. The minimum atomic E-state index is -0.738. The van der Waals surface area contributed by atoms with Crippen molar-refractivity contribution in [3.05, 3.63) is 84.4 Å². The fourth-order valence-electron chi connectivity index (χ4n) is 3.67. The third-order valence-corrected chi connectivity index (χ3v) is 4.97. The van der Waals surface area contributed by atoms with Crippen molar-refractivity contribution in [2.75, 3.05) is 6.61 Å². The van der Waals surface area contributed by atoms with Crippen LogP contribution in [-0.2, 0) is 27.4 Å². The summed E-state index contributed by atoms with van der Waals surface area (Å²) in [6.45, 7) is 8.93. The van der Waals surface area contributed by atoms with Crippen molar-refractivity contribution in [2.24, 2.45) is 0 Å². The fraction of sp³-hybridized carbons (Fsp3) is 0.417. The molecule has 0 radical (unpaired) electrons. The maximum absolute atomic E-state index is 10.9. The molecule has 0 aliphatic carbocycles. The fourth-order valence-corrected chi connectivity index (χ4v) is 3.67. The quantitative estimate of drug-likeness (QED) is 0.470. The van der Waals surface area contributed by atoms with Gasteiger partial charge in [-0.1, -0.05) is 66.7 Å². The molecule has 0 amide bonds. The molecule has 2 aromatic carbocycles. The second-order valence-corrected chi connectivity index (χ2v) is 7.81. The lowest BCUT2D eigenvalue weighted by Crippen LogP contribution is -2.47. The Balaban J connectivity index is 1.67. The predicted molar refractivity (Wildman–Crippen MR) is 112 cm³/mol. The number of benzene rings is 2. The summed E-state index contributed by atoms with van der Waals surface area (Å²) in [5, 5.41) is 12.2. The molecule has 1 heterocycles. The van der Waals surface area contributed by atoms with Crippen molar-refractivity contribution in [3.8, 4) is 0 Å². The topological polar surface area (TPSA) is 51.2 Å². The van der Waals surface area contributed by atoms with Crippen molar-refractivity contribution >= 4 is 0 Å². The molecule has 1 saturated heterocycles. The number of hydrogen-bond acceptors (Lipinski definition) is 5. The molecule has 0 unspecified atom stereocenters. The summed E-state index contributed by atoms with van der Waals surface area (Å²) in [5.41, 5.74) is 2.14. The van der Waals surface area contributed by atoms with E-state index in [0.717, 1.165) is 11.1 Å². The van der Waals surface area contributed by atoms with Crippen LogP contribution in [0.3, 0.4) is 0 Å². The van der Waals surface area contributed by atoms with Gasteiger partial charge in [0.15, 0.2) is 5.79 Å². The highest BCUT2D eigenvalue weighted by atomic mass is 16.8. The van der Waals surface area contributed by atoms with Gasteiger partial charge in [0.05, 0.1) is 19.3 Å². The Morgan fingerprint density at radius 3 is 2.31 bits per heavy atom. The van der Waals surface area contributed by atoms with Crippen molar-refractivity contribution in [3.63, 3.8) is 0 Å². The van der Waals surface area contributed by atoms with Gasteiger partial charge < -0.3 is 19.4 Å². The highest BCUT2D eigenvalue weighted by Gasteiger charge is 2.46. The molecular formula is C24H31NO4. The van der Waals surface area contributed by atoms with E-state index < -0.39 is 5.79 Å². The number of hydrogen-bond donors (Lipinski definition) is 1. The summed E-state index contributed by atoms with van der Waals surface area (Å²) in [4.78, 5) is 0. The Morgan fingerprint density at radius 1 is 1.07 bits per heavy atom. The predicted octanol–water partition coefficient (Wildman–Crippen LogP) is 4.56. The molecule has 1 aliphatic heterocycles. The van der Waals surface area contributed by atoms with Gasteiger partial charge in [0.1, 0.15) is 12.2 Å². The lowest BCUT2D eigenvalue weighted by atomic mass is 10.0. The van der Waals surface area contributed by atoms with Crippen LogP contribution in [-0.4, -0.2) is 40.9 Å². The molecule has 29 heavy (non-hydrogen) atoms. The van der Waals surface area contributed by atoms with Crippen LogP contribution < -0.4 is 0 Å². The third kappa shape index (κ3) is 6.23. The molecule has 1 fully saturated rings. The average Bonchev–Trinajstić information content (AvgIpc) is 3.01. The van der Waals surface area contributed by atoms with Gasteiger partial charge in [-0.3, -0.25) is 0 Å². The summed E-state index contributed by atoms with van der Waals surface area (Å²) in [6.07, 6.45) is 1.74. The van der Waals surface area contributed by atoms with Crippen LogP contribution >= 0.6 is 0 Å². The van der Waals surface area contributed by atoms with E-state index in [0.29, 0.717) is 26.2 Å². The normalized spacial score (nSPS) is 21.9. The summed E-state index contributed by atoms with van der Waals surface area (Å²) in [5.74, 6) is -0.738. The highest BCUT2D eigenvalue weighted by Crippen LogP contribution is 2.33. The van der Waals surface area contributed by atoms with Crippen LogP contribution in [0.2, 0.25) is 0 Å². The first-order valence-electron chi connectivity index (χ1n) is 10.1. The van der Waals surface area contributed by atoms with Gasteiger partial charge >= 0.3 is 0 Å². The molecule has 3 rings (SSSR count). The van der Waals surface area contributed by atoms with Crippen LogP contribution in [0, 0.1) is 0 Å². The van der Waals surface area contributed by atoms with Crippen LogP contribution in [0.5, 0.6) is 0 Å². The second-order valence-electron chi connectivity index (χ2n) is 7.81. The van der Waals surface area contributed by atoms with Crippen molar-refractivity contribution < 1.29 is 19.4 Å². The Hall–Kier alpha value is -2.02. The average molecular weight is 398 g/mol. The number of rotatable bonds is 10. The van der Waals surface area contributed by atoms with E-state index in [-0.39, 0.29) is 18.2 Å². The SMILES string of the molecule is C=CC[C@@H]([C@@H]1OC(C)(C)O[C@H]1COCc1ccccc1)N(O)Cc1ccccc1. The lowest BCUT2D eigenvalue weighted by molar-refractivity contribution is -0.188. The van der Waals surface area contributed by atoms with Crippen LogP contribution in [0.25, 0.3) is 0 Å². The van der Waals surface area contributed by atoms with E-state index in [4.69, 9.17) is 14.2 Å². The highest BCUT2D eigenvalue weighted by molar-refractivity contribution is 5.15. The first-order chi connectivity index (χ1) is 14.0. The van der Waals surface area contributed by atoms with Crippen LogP contribution in [0.1, 0.15) is 31.4 Å². The van der Waals surface area contributed by atoms with Crippen LogP contribution in [0.15, 0.2) is 73.3 Å². The molecule has 0 bridgehead atoms. The number of nitrogens with zero attached hydrogens (tertiary/aromatic N) is 1. The Morgan fingerprint density at radius 2 is 1.69 bits per heavy atom. The van der Waals surface area contributed by atoms with Gasteiger partial charge in [-0.15, -0.1) is 6.58 Å². The monoisotopic (exact) mass is 397 g/mol. The number of ether oxygens (including phenoxy) is 3. The molecule has 5 heteroatoms. The van der Waals surface area contributed by atoms with Crippen LogP contribution in [0.4, 0.5) is 0 Å². The molecular weight excluding hydrogens is 366 g/mol. The zero-order valence-corrected chi connectivity index (χ0v) is 17.2. The Labute approximate surface area is 173 Å². The van der Waals surface area contributed by atoms with Crippen molar-refractivity contribution in [1.82, 2.24) is 5.06 Å². The van der Waals surface area contributed by atoms with Crippen molar-refractivity contribution in [1.29, 1.82) is 0 Å². The summed E-state index contributed by atoms with van der Waals surface area (Å²) >= 11 is 0. The maximum atomic E-state index is 10.9. The summed E-state index contributed by atoms with van der Waals surface area (Å²) in [7, 11) is 0. The largest absolute Gasteiger partial charge is 0.374 e. The first kappa shape index (κ1) is 21.7. The molecule has 3 atom stereocenters. The summed E-state index contributed by atoms with van der Waals surface area (Å²) in [6, 6.07) is 19.6. The van der Waals surface area contributed by atoms with E-state index in [2.05, 4.69) is 6.58 Å². The maximum Gasteiger partial charge on any atom is 0.163 e. The first-order valence-corrected chi connectivity index (χ1v) is 10.1. The molecule has 0 saturated carbocycles. The van der Waals surface area contributed by atoms with E-state index in [1.165, 1.54) is 5.06 Å². The van der Waals surface area contributed by atoms with Crippen molar-refractivity contribution in [2.45, 2.75) is 57.5 Å². The van der Waals surface area contributed by atoms with E-state index in [9.17, 15) is 5.21 Å². The van der Waals surface area contributed by atoms with Gasteiger partial charge in [-0.2, -0.15) is 5.06 Å². The Bertz CT molecular complexity index is 750. The molecule has 5 nitrogen and oxygen atoms in total. The van der Waals surface area contributed by atoms with Gasteiger partial charge in [0, 0.05) is 6.54 Å². The summed E-state index contributed by atoms with van der Waals surface area (Å²) < 4.78 is 18.2. The second kappa shape index (κ2) is 10.1.